The van der Waals surface area contributed by atoms with E-state index in [2.05, 4.69) is 10.6 Å². The van der Waals surface area contributed by atoms with Gasteiger partial charge in [-0.05, 0) is 48.7 Å². The summed E-state index contributed by atoms with van der Waals surface area (Å²) in [6.07, 6.45) is -0.738. The summed E-state index contributed by atoms with van der Waals surface area (Å²) in [4.78, 5) is 11.9. The molecule has 2 rings (SSSR count). The van der Waals surface area contributed by atoms with Crippen LogP contribution in [0.15, 0.2) is 42.5 Å². The molecule has 0 bridgehead atoms. The number of nitrogens with one attached hydrogen (secondary N) is 2. The Bertz CT molecular complexity index is 673. The van der Waals surface area contributed by atoms with Crippen molar-refractivity contribution in [3.05, 3.63) is 64.2 Å². The molecule has 0 aliphatic carbocycles. The summed E-state index contributed by atoms with van der Waals surface area (Å²) in [5, 5.41) is 16.2. The number of carbonyl (C=O) groups is 1. The lowest BCUT2D eigenvalue weighted by molar-refractivity contribution is 0.174. The first-order valence-electron chi connectivity index (χ1n) is 7.02. The van der Waals surface area contributed by atoms with Crippen LogP contribution in [0.5, 0.6) is 0 Å². The number of aryl methyl sites for hydroxylation is 2. The quantitative estimate of drug-likeness (QED) is 0.802. The van der Waals surface area contributed by atoms with E-state index in [4.69, 9.17) is 11.6 Å². The van der Waals surface area contributed by atoms with E-state index in [0.717, 1.165) is 16.7 Å². The lowest BCUT2D eigenvalue weighted by Gasteiger charge is -2.15. The van der Waals surface area contributed by atoms with Gasteiger partial charge >= 0.3 is 6.03 Å². The predicted molar refractivity (Wildman–Crippen MR) is 89.3 cm³/mol. The Labute approximate surface area is 135 Å². The zero-order valence-electron chi connectivity index (χ0n) is 12.6. The zero-order chi connectivity index (χ0) is 16.1. The SMILES string of the molecule is Cc1cc(Cl)ccc1NC(=O)NCC(O)c1ccccc1C. The Morgan fingerprint density at radius 2 is 1.91 bits per heavy atom. The van der Waals surface area contributed by atoms with E-state index in [1.165, 1.54) is 0 Å². The first-order chi connectivity index (χ1) is 10.5. The summed E-state index contributed by atoms with van der Waals surface area (Å²) >= 11 is 5.88. The molecule has 2 aromatic rings. The molecule has 0 spiro atoms. The molecule has 0 aromatic heterocycles. The molecule has 22 heavy (non-hydrogen) atoms. The lowest BCUT2D eigenvalue weighted by atomic mass is 10.0. The third-order valence-corrected chi connectivity index (χ3v) is 3.68. The van der Waals surface area contributed by atoms with E-state index in [0.29, 0.717) is 10.7 Å². The molecule has 0 saturated heterocycles. The monoisotopic (exact) mass is 318 g/mol. The minimum atomic E-state index is -0.738. The van der Waals surface area contributed by atoms with E-state index < -0.39 is 6.10 Å². The second-order valence-corrected chi connectivity index (χ2v) is 5.60. The van der Waals surface area contributed by atoms with Crippen LogP contribution in [0.25, 0.3) is 0 Å². The van der Waals surface area contributed by atoms with Gasteiger partial charge in [0, 0.05) is 17.3 Å². The Morgan fingerprint density at radius 3 is 2.59 bits per heavy atom. The van der Waals surface area contributed by atoms with Crippen LogP contribution in [0.3, 0.4) is 0 Å². The van der Waals surface area contributed by atoms with Crippen LogP contribution in [0, 0.1) is 13.8 Å². The van der Waals surface area contributed by atoms with Crippen molar-refractivity contribution >= 4 is 23.3 Å². The summed E-state index contributed by atoms with van der Waals surface area (Å²) < 4.78 is 0. The Morgan fingerprint density at radius 1 is 1.18 bits per heavy atom. The van der Waals surface area contributed by atoms with Crippen molar-refractivity contribution in [3.8, 4) is 0 Å². The summed E-state index contributed by atoms with van der Waals surface area (Å²) in [5.41, 5.74) is 3.37. The molecule has 0 heterocycles. The molecule has 4 nitrogen and oxygen atoms in total. The van der Waals surface area contributed by atoms with Gasteiger partial charge in [0.05, 0.1) is 6.10 Å². The standard InChI is InChI=1S/C17H19ClN2O2/c1-11-5-3-4-6-14(11)16(21)10-19-17(22)20-15-8-7-13(18)9-12(15)2/h3-9,16,21H,10H2,1-2H3,(H2,19,20,22). The number of amides is 2. The van der Waals surface area contributed by atoms with Crippen LogP contribution in [0.2, 0.25) is 5.02 Å². The number of benzene rings is 2. The second-order valence-electron chi connectivity index (χ2n) is 5.17. The smallest absolute Gasteiger partial charge is 0.319 e. The van der Waals surface area contributed by atoms with E-state index in [9.17, 15) is 9.90 Å². The van der Waals surface area contributed by atoms with Crippen molar-refractivity contribution in [2.75, 3.05) is 11.9 Å². The summed E-state index contributed by atoms with van der Waals surface area (Å²) in [7, 11) is 0. The molecule has 5 heteroatoms. The van der Waals surface area contributed by atoms with Crippen LogP contribution in [-0.2, 0) is 0 Å². The number of aliphatic hydroxyl groups is 1. The largest absolute Gasteiger partial charge is 0.387 e. The molecular weight excluding hydrogens is 300 g/mol. The Kier molecular flexibility index (Phi) is 5.41. The molecule has 2 aromatic carbocycles. The number of anilines is 1. The highest BCUT2D eigenvalue weighted by atomic mass is 35.5. The van der Waals surface area contributed by atoms with E-state index >= 15 is 0 Å². The Balaban J connectivity index is 1.91. The number of hydrogen-bond donors (Lipinski definition) is 3. The van der Waals surface area contributed by atoms with Crippen LogP contribution in [0.1, 0.15) is 22.8 Å². The van der Waals surface area contributed by atoms with Crippen LogP contribution < -0.4 is 10.6 Å². The van der Waals surface area contributed by atoms with Gasteiger partial charge in [0.1, 0.15) is 0 Å². The van der Waals surface area contributed by atoms with Crippen molar-refractivity contribution in [2.24, 2.45) is 0 Å². The molecule has 0 fully saturated rings. The maximum Gasteiger partial charge on any atom is 0.319 e. The molecule has 1 unspecified atom stereocenters. The van der Waals surface area contributed by atoms with E-state index in [-0.39, 0.29) is 12.6 Å². The van der Waals surface area contributed by atoms with Gasteiger partial charge in [-0.15, -0.1) is 0 Å². The van der Waals surface area contributed by atoms with Crippen molar-refractivity contribution < 1.29 is 9.90 Å². The number of hydrogen-bond acceptors (Lipinski definition) is 2. The second kappa shape index (κ2) is 7.29. The molecule has 1 atom stereocenters. The summed E-state index contributed by atoms with van der Waals surface area (Å²) in [5.74, 6) is 0. The maximum absolute atomic E-state index is 11.9. The Hall–Kier alpha value is -2.04. The van der Waals surface area contributed by atoms with Gasteiger partial charge in [0.2, 0.25) is 0 Å². The van der Waals surface area contributed by atoms with Crippen LogP contribution in [-0.4, -0.2) is 17.7 Å². The maximum atomic E-state index is 11.9. The van der Waals surface area contributed by atoms with Gasteiger partial charge in [-0.25, -0.2) is 4.79 Å². The fourth-order valence-corrected chi connectivity index (χ4v) is 2.42. The molecule has 116 valence electrons. The van der Waals surface area contributed by atoms with Gasteiger partial charge in [0.15, 0.2) is 0 Å². The van der Waals surface area contributed by atoms with Crippen LogP contribution >= 0.6 is 11.6 Å². The van der Waals surface area contributed by atoms with Gasteiger partial charge < -0.3 is 15.7 Å². The van der Waals surface area contributed by atoms with Crippen molar-refractivity contribution in [1.29, 1.82) is 0 Å². The molecule has 0 saturated carbocycles. The number of halogens is 1. The zero-order valence-corrected chi connectivity index (χ0v) is 13.3. The molecule has 2 amide bonds. The molecule has 3 N–H and O–H groups in total. The summed E-state index contributed by atoms with van der Waals surface area (Å²) in [6.45, 7) is 3.93. The average Bonchev–Trinajstić information content (AvgIpc) is 2.48. The minimum absolute atomic E-state index is 0.142. The van der Waals surface area contributed by atoms with Gasteiger partial charge in [-0.2, -0.15) is 0 Å². The number of carbonyl (C=O) groups excluding carboxylic acids is 1. The topological polar surface area (TPSA) is 61.4 Å². The molecule has 0 aliphatic rings. The molecule has 0 radical (unpaired) electrons. The fourth-order valence-electron chi connectivity index (χ4n) is 2.19. The number of rotatable bonds is 4. The summed E-state index contributed by atoms with van der Waals surface area (Å²) in [6, 6.07) is 12.4. The number of aliphatic hydroxyl groups excluding tert-OH is 1. The first-order valence-corrected chi connectivity index (χ1v) is 7.40. The highest BCUT2D eigenvalue weighted by Gasteiger charge is 2.12. The molecular formula is C17H19ClN2O2. The third kappa shape index (κ3) is 4.23. The van der Waals surface area contributed by atoms with Gasteiger partial charge in [-0.3, -0.25) is 0 Å². The third-order valence-electron chi connectivity index (χ3n) is 3.44. The first kappa shape index (κ1) is 16.3. The normalized spacial score (nSPS) is 11.8. The number of urea groups is 1. The van der Waals surface area contributed by atoms with Gasteiger partial charge in [-0.1, -0.05) is 35.9 Å². The van der Waals surface area contributed by atoms with Crippen molar-refractivity contribution in [2.45, 2.75) is 20.0 Å². The minimum Gasteiger partial charge on any atom is -0.387 e. The highest BCUT2D eigenvalue weighted by Crippen LogP contribution is 2.20. The van der Waals surface area contributed by atoms with Crippen LogP contribution in [0.4, 0.5) is 10.5 Å². The van der Waals surface area contributed by atoms with E-state index in [1.807, 2.05) is 38.1 Å². The highest BCUT2D eigenvalue weighted by molar-refractivity contribution is 6.30. The van der Waals surface area contributed by atoms with Crippen molar-refractivity contribution in [1.82, 2.24) is 5.32 Å². The average molecular weight is 319 g/mol. The van der Waals surface area contributed by atoms with Gasteiger partial charge in [0.25, 0.3) is 0 Å². The molecule has 0 aliphatic heterocycles. The fraction of sp³-hybridized carbons (Fsp3) is 0.235. The predicted octanol–water partition coefficient (Wildman–Crippen LogP) is 3.81. The lowest BCUT2D eigenvalue weighted by Crippen LogP contribution is -2.32. The van der Waals surface area contributed by atoms with E-state index in [1.54, 1.807) is 18.2 Å². The van der Waals surface area contributed by atoms with Crippen molar-refractivity contribution in [3.63, 3.8) is 0 Å².